The Morgan fingerprint density at radius 2 is 1.17 bits per heavy atom. The fourth-order valence-corrected chi connectivity index (χ4v) is 4.25. The van der Waals surface area contributed by atoms with Gasteiger partial charge in [0.05, 0.1) is 13.2 Å². The molecule has 134 valence electrons. The summed E-state index contributed by atoms with van der Waals surface area (Å²) in [5, 5.41) is 0. The van der Waals surface area contributed by atoms with E-state index in [0.717, 1.165) is 0 Å². The van der Waals surface area contributed by atoms with Crippen molar-refractivity contribution in [1.82, 2.24) is 0 Å². The van der Waals surface area contributed by atoms with Gasteiger partial charge in [0.25, 0.3) is 0 Å². The highest BCUT2D eigenvalue weighted by molar-refractivity contribution is 6.18. The Morgan fingerprint density at radius 1 is 0.792 bits per heavy atom. The second-order valence-corrected chi connectivity index (χ2v) is 6.51. The van der Waals surface area contributed by atoms with E-state index in [0.29, 0.717) is 25.7 Å². The molecule has 2 atom stereocenters. The van der Waals surface area contributed by atoms with Crippen molar-refractivity contribution in [3.63, 3.8) is 0 Å². The fourth-order valence-electron chi connectivity index (χ4n) is 4.25. The smallest absolute Gasteiger partial charge is 0.321 e. The molecule has 6 nitrogen and oxygen atoms in total. The lowest BCUT2D eigenvalue weighted by molar-refractivity contribution is -0.192. The van der Waals surface area contributed by atoms with Crippen LogP contribution in [-0.2, 0) is 28.7 Å². The zero-order valence-electron chi connectivity index (χ0n) is 14.5. The molecule has 0 aromatic rings. The summed E-state index contributed by atoms with van der Waals surface area (Å²) < 4.78 is 10.4. The summed E-state index contributed by atoms with van der Waals surface area (Å²) in [7, 11) is 0. The summed E-state index contributed by atoms with van der Waals surface area (Å²) in [5.74, 6) is -2.18. The summed E-state index contributed by atoms with van der Waals surface area (Å²) in [6.07, 6.45) is 3.27. The number of ether oxygens (including phenoxy) is 2. The third-order valence-electron chi connectivity index (χ3n) is 5.34. The predicted molar refractivity (Wildman–Crippen MR) is 85.1 cm³/mol. The van der Waals surface area contributed by atoms with Gasteiger partial charge in [-0.25, -0.2) is 0 Å². The molecule has 2 unspecified atom stereocenters. The van der Waals surface area contributed by atoms with Crippen LogP contribution in [0, 0.1) is 10.8 Å². The molecule has 0 radical (unpaired) electrons. The van der Waals surface area contributed by atoms with Gasteiger partial charge in [-0.15, -0.1) is 0 Å². The summed E-state index contributed by atoms with van der Waals surface area (Å²) >= 11 is 0. The van der Waals surface area contributed by atoms with Crippen molar-refractivity contribution in [1.29, 1.82) is 0 Å². The number of Topliss-reactive ketones (excluding diaryl/α,β-unsaturated/α-hetero) is 2. The average Bonchev–Trinajstić information content (AvgIpc) is 2.56. The monoisotopic (exact) mass is 338 g/mol. The molecule has 2 fully saturated rings. The van der Waals surface area contributed by atoms with E-state index in [1.807, 2.05) is 0 Å². The Bertz CT molecular complexity index is 492. The first-order valence-corrected chi connectivity index (χ1v) is 8.88. The first-order chi connectivity index (χ1) is 11.5. The molecule has 0 saturated heterocycles. The lowest BCUT2D eigenvalue weighted by Gasteiger charge is -2.47. The van der Waals surface area contributed by atoms with Crippen LogP contribution in [-0.4, -0.2) is 36.7 Å². The van der Waals surface area contributed by atoms with Crippen molar-refractivity contribution in [3.8, 4) is 0 Å². The molecule has 0 aliphatic heterocycles. The van der Waals surface area contributed by atoms with Crippen molar-refractivity contribution < 1.29 is 28.7 Å². The molecule has 0 aromatic heterocycles. The highest BCUT2D eigenvalue weighted by atomic mass is 16.5. The molecule has 2 aliphatic carbocycles. The normalized spacial score (nSPS) is 30.8. The Kier molecular flexibility index (Phi) is 5.78. The quantitative estimate of drug-likeness (QED) is 0.565. The molecule has 0 heterocycles. The standard InChI is InChI=1S/C18H26O6/c1-3-23-15(21)17(11-7-5-9-13(17)19)18(16(22)24-4-2)12-8-6-10-14(18)20/h3-12H2,1-2H3. The minimum absolute atomic E-state index is 0.0982. The first kappa shape index (κ1) is 18.6. The first-order valence-electron chi connectivity index (χ1n) is 8.88. The molecule has 0 aromatic carbocycles. The van der Waals surface area contributed by atoms with Crippen molar-refractivity contribution in [2.24, 2.45) is 10.8 Å². The number of hydrogen-bond donors (Lipinski definition) is 0. The van der Waals surface area contributed by atoms with Crippen LogP contribution in [0.5, 0.6) is 0 Å². The Labute approximate surface area is 142 Å². The van der Waals surface area contributed by atoms with Crippen LogP contribution in [0.3, 0.4) is 0 Å². The molecule has 6 heteroatoms. The van der Waals surface area contributed by atoms with Crippen LogP contribution < -0.4 is 0 Å². The van der Waals surface area contributed by atoms with E-state index >= 15 is 0 Å². The molecular weight excluding hydrogens is 312 g/mol. The van der Waals surface area contributed by atoms with Crippen LogP contribution in [0.2, 0.25) is 0 Å². The number of carbonyl (C=O) groups is 4. The minimum atomic E-state index is -1.72. The third kappa shape index (κ3) is 2.66. The minimum Gasteiger partial charge on any atom is -0.465 e. The number of ketones is 2. The van der Waals surface area contributed by atoms with E-state index in [1.165, 1.54) is 0 Å². The summed E-state index contributed by atoms with van der Waals surface area (Å²) in [6.45, 7) is 3.50. The van der Waals surface area contributed by atoms with Gasteiger partial charge < -0.3 is 9.47 Å². The van der Waals surface area contributed by atoms with Gasteiger partial charge in [0, 0.05) is 12.8 Å². The lowest BCUT2D eigenvalue weighted by atomic mass is 9.51. The largest absolute Gasteiger partial charge is 0.465 e. The molecule has 0 spiro atoms. The molecule has 0 N–H and O–H groups in total. The van der Waals surface area contributed by atoms with Gasteiger partial charge >= 0.3 is 11.9 Å². The van der Waals surface area contributed by atoms with E-state index in [1.54, 1.807) is 13.8 Å². The Hall–Kier alpha value is -1.72. The van der Waals surface area contributed by atoms with Crippen LogP contribution >= 0.6 is 0 Å². The number of rotatable bonds is 5. The highest BCUT2D eigenvalue weighted by Gasteiger charge is 2.70. The average molecular weight is 338 g/mol. The molecular formula is C18H26O6. The Morgan fingerprint density at radius 3 is 1.46 bits per heavy atom. The van der Waals surface area contributed by atoms with Crippen LogP contribution in [0.15, 0.2) is 0 Å². The summed E-state index contributed by atoms with van der Waals surface area (Å²) in [4.78, 5) is 51.6. The molecule has 24 heavy (non-hydrogen) atoms. The zero-order valence-corrected chi connectivity index (χ0v) is 14.5. The molecule has 0 amide bonds. The van der Waals surface area contributed by atoms with Gasteiger partial charge in [-0.1, -0.05) is 12.8 Å². The van der Waals surface area contributed by atoms with Gasteiger partial charge in [-0.3, -0.25) is 19.2 Å². The fraction of sp³-hybridized carbons (Fsp3) is 0.778. The Balaban J connectivity index is 2.64. The van der Waals surface area contributed by atoms with E-state index in [2.05, 4.69) is 0 Å². The number of hydrogen-bond acceptors (Lipinski definition) is 6. The molecule has 2 aliphatic rings. The SMILES string of the molecule is CCOC(=O)C1(C2(C(=O)OCC)CCCCC2=O)CCCCC1=O. The predicted octanol–water partition coefficient (Wildman–Crippen LogP) is 2.37. The van der Waals surface area contributed by atoms with Gasteiger partial charge in [-0.05, 0) is 39.5 Å². The molecule has 2 rings (SSSR count). The van der Waals surface area contributed by atoms with Crippen molar-refractivity contribution in [2.45, 2.75) is 65.2 Å². The van der Waals surface area contributed by atoms with E-state index in [9.17, 15) is 19.2 Å². The number of carbonyl (C=O) groups excluding carboxylic acids is 4. The maximum absolute atomic E-state index is 12.9. The topological polar surface area (TPSA) is 86.7 Å². The summed E-state index contributed by atoms with van der Waals surface area (Å²) in [5.41, 5.74) is -3.43. The molecule has 0 bridgehead atoms. The zero-order chi connectivity index (χ0) is 17.8. The molecule has 2 saturated carbocycles. The van der Waals surface area contributed by atoms with Crippen molar-refractivity contribution in [3.05, 3.63) is 0 Å². The van der Waals surface area contributed by atoms with E-state index in [4.69, 9.17) is 9.47 Å². The number of esters is 2. The van der Waals surface area contributed by atoms with Crippen molar-refractivity contribution >= 4 is 23.5 Å². The summed E-state index contributed by atoms with van der Waals surface area (Å²) in [6, 6.07) is 0. The van der Waals surface area contributed by atoms with Crippen LogP contribution in [0.4, 0.5) is 0 Å². The van der Waals surface area contributed by atoms with Gasteiger partial charge in [-0.2, -0.15) is 0 Å². The second-order valence-electron chi connectivity index (χ2n) is 6.51. The lowest BCUT2D eigenvalue weighted by Crippen LogP contribution is -2.63. The van der Waals surface area contributed by atoms with Crippen LogP contribution in [0.1, 0.15) is 65.2 Å². The van der Waals surface area contributed by atoms with E-state index < -0.39 is 22.8 Å². The highest BCUT2D eigenvalue weighted by Crippen LogP contribution is 2.55. The van der Waals surface area contributed by atoms with Crippen molar-refractivity contribution in [2.75, 3.05) is 13.2 Å². The maximum atomic E-state index is 12.9. The third-order valence-corrected chi connectivity index (χ3v) is 5.34. The van der Waals surface area contributed by atoms with Gasteiger partial charge in [0.2, 0.25) is 0 Å². The van der Waals surface area contributed by atoms with E-state index in [-0.39, 0.29) is 50.5 Å². The van der Waals surface area contributed by atoms with Gasteiger partial charge in [0.1, 0.15) is 10.8 Å². The van der Waals surface area contributed by atoms with Crippen LogP contribution in [0.25, 0.3) is 0 Å². The second kappa shape index (κ2) is 7.45. The van der Waals surface area contributed by atoms with Gasteiger partial charge in [0.15, 0.2) is 11.6 Å². The maximum Gasteiger partial charge on any atom is 0.321 e.